The lowest BCUT2D eigenvalue weighted by atomic mass is 10.4. The lowest BCUT2D eigenvalue weighted by Gasteiger charge is -1.99. The number of aromatic nitrogens is 5. The summed E-state index contributed by atoms with van der Waals surface area (Å²) in [5, 5.41) is 12.6. The van der Waals surface area contributed by atoms with Crippen LogP contribution in [-0.4, -0.2) is 35.8 Å². The average molecular weight is 205 g/mol. The van der Waals surface area contributed by atoms with Crippen LogP contribution in [0.5, 0.6) is 0 Å². The van der Waals surface area contributed by atoms with E-state index in [1.165, 1.54) is 29.6 Å². The number of hydrogen-bond acceptors (Lipinski definition) is 5. The highest BCUT2D eigenvalue weighted by atomic mass is 16.4. The zero-order valence-corrected chi connectivity index (χ0v) is 7.61. The largest absolute Gasteiger partial charge is 0.477 e. The lowest BCUT2D eigenvalue weighted by molar-refractivity contribution is 0.0690. The van der Waals surface area contributed by atoms with Gasteiger partial charge in [0, 0.05) is 6.20 Å². The van der Waals surface area contributed by atoms with Gasteiger partial charge in [-0.3, -0.25) is 0 Å². The van der Waals surface area contributed by atoms with E-state index < -0.39 is 5.97 Å². The van der Waals surface area contributed by atoms with Crippen LogP contribution < -0.4 is 0 Å². The molecule has 7 heteroatoms. The molecule has 0 fully saturated rings. The molecule has 7 nitrogen and oxygen atoms in total. The molecule has 0 saturated heterocycles. The number of carbonyl (C=O) groups is 1. The number of aromatic carboxylic acids is 1. The Hall–Kier alpha value is -2.31. The molecule has 0 amide bonds. The summed E-state index contributed by atoms with van der Waals surface area (Å²) in [5.74, 6) is -0.683. The van der Waals surface area contributed by atoms with Gasteiger partial charge in [0.25, 0.3) is 0 Å². The van der Waals surface area contributed by atoms with Crippen LogP contribution in [0.2, 0.25) is 0 Å². The SMILES string of the molecule is O=C(O)c1ccnc(Cn2cncn2)n1. The Balaban J connectivity index is 2.22. The molecule has 0 radical (unpaired) electrons. The molecule has 0 saturated carbocycles. The molecule has 0 aliphatic rings. The van der Waals surface area contributed by atoms with E-state index in [9.17, 15) is 4.79 Å². The second-order valence-corrected chi connectivity index (χ2v) is 2.76. The number of rotatable bonds is 3. The van der Waals surface area contributed by atoms with Gasteiger partial charge in [-0.05, 0) is 6.07 Å². The Morgan fingerprint density at radius 1 is 1.53 bits per heavy atom. The van der Waals surface area contributed by atoms with E-state index >= 15 is 0 Å². The normalized spacial score (nSPS) is 10.1. The number of hydrogen-bond donors (Lipinski definition) is 1. The molecule has 2 aromatic heterocycles. The summed E-state index contributed by atoms with van der Waals surface area (Å²) in [6, 6.07) is 1.34. The molecule has 0 bridgehead atoms. The number of nitrogens with zero attached hydrogens (tertiary/aromatic N) is 5. The van der Waals surface area contributed by atoms with E-state index in [0.717, 1.165) is 0 Å². The minimum Gasteiger partial charge on any atom is -0.477 e. The second-order valence-electron chi connectivity index (χ2n) is 2.76. The molecule has 0 spiro atoms. The molecule has 1 N–H and O–H groups in total. The van der Waals surface area contributed by atoms with Crippen molar-refractivity contribution >= 4 is 5.97 Å². The number of carboxylic acid groups (broad SMARTS) is 1. The molecule has 2 heterocycles. The molecular formula is C8H7N5O2. The predicted molar refractivity (Wildman–Crippen MR) is 48.1 cm³/mol. The Kier molecular flexibility index (Phi) is 2.36. The maximum Gasteiger partial charge on any atom is 0.354 e. The third-order valence-corrected chi connectivity index (χ3v) is 1.69. The van der Waals surface area contributed by atoms with Crippen LogP contribution in [0.1, 0.15) is 16.3 Å². The third-order valence-electron chi connectivity index (χ3n) is 1.69. The van der Waals surface area contributed by atoms with Crippen LogP contribution in [0.15, 0.2) is 24.9 Å². The highest BCUT2D eigenvalue weighted by Crippen LogP contribution is 1.97. The van der Waals surface area contributed by atoms with Gasteiger partial charge in [0.2, 0.25) is 0 Å². The third kappa shape index (κ3) is 2.13. The molecule has 0 aliphatic carbocycles. The van der Waals surface area contributed by atoms with E-state index in [0.29, 0.717) is 12.4 Å². The van der Waals surface area contributed by atoms with Crippen LogP contribution in [0.4, 0.5) is 0 Å². The highest BCUT2D eigenvalue weighted by Gasteiger charge is 2.06. The zero-order valence-electron chi connectivity index (χ0n) is 7.61. The fourth-order valence-corrected chi connectivity index (χ4v) is 1.05. The zero-order chi connectivity index (χ0) is 10.7. The topological polar surface area (TPSA) is 93.8 Å². The van der Waals surface area contributed by atoms with E-state index in [4.69, 9.17) is 5.11 Å². The smallest absolute Gasteiger partial charge is 0.354 e. The molecule has 2 rings (SSSR count). The highest BCUT2D eigenvalue weighted by molar-refractivity contribution is 5.85. The maximum atomic E-state index is 10.6. The summed E-state index contributed by atoms with van der Waals surface area (Å²) in [7, 11) is 0. The first kappa shape index (κ1) is 9.25. The summed E-state index contributed by atoms with van der Waals surface area (Å²) in [4.78, 5) is 22.2. The fourth-order valence-electron chi connectivity index (χ4n) is 1.05. The molecular weight excluding hydrogens is 198 g/mol. The predicted octanol–water partition coefficient (Wildman–Crippen LogP) is -0.185. The molecule has 2 aromatic rings. The van der Waals surface area contributed by atoms with E-state index in [2.05, 4.69) is 20.1 Å². The summed E-state index contributed by atoms with van der Waals surface area (Å²) in [5.41, 5.74) is -0.0277. The molecule has 76 valence electrons. The Labute approximate surface area is 84.4 Å². The fraction of sp³-hybridized carbons (Fsp3) is 0.125. The van der Waals surface area contributed by atoms with Crippen molar-refractivity contribution in [3.05, 3.63) is 36.4 Å². The van der Waals surface area contributed by atoms with E-state index in [-0.39, 0.29) is 5.69 Å². The monoisotopic (exact) mass is 205 g/mol. The van der Waals surface area contributed by atoms with Crippen molar-refractivity contribution in [3.63, 3.8) is 0 Å². The van der Waals surface area contributed by atoms with Gasteiger partial charge in [0.1, 0.15) is 19.2 Å². The van der Waals surface area contributed by atoms with Gasteiger partial charge in [-0.1, -0.05) is 0 Å². The summed E-state index contributed by atoms with van der Waals surface area (Å²) >= 11 is 0. The quantitative estimate of drug-likeness (QED) is 0.746. The van der Waals surface area contributed by atoms with Crippen LogP contribution in [0.3, 0.4) is 0 Å². The van der Waals surface area contributed by atoms with E-state index in [1.54, 1.807) is 0 Å². The van der Waals surface area contributed by atoms with Crippen LogP contribution in [0, 0.1) is 0 Å². The van der Waals surface area contributed by atoms with Crippen molar-refractivity contribution < 1.29 is 9.90 Å². The summed E-state index contributed by atoms with van der Waals surface area (Å²) in [6.07, 6.45) is 4.31. The molecule has 0 unspecified atom stereocenters. The Morgan fingerprint density at radius 3 is 3.07 bits per heavy atom. The van der Waals surface area contributed by atoms with Crippen molar-refractivity contribution in [2.24, 2.45) is 0 Å². The standard InChI is InChI=1S/C8H7N5O2/c14-8(15)6-1-2-10-7(12-6)3-13-5-9-4-11-13/h1-2,4-5H,3H2,(H,14,15). The Bertz CT molecular complexity index is 468. The Morgan fingerprint density at radius 2 is 2.40 bits per heavy atom. The van der Waals surface area contributed by atoms with Crippen molar-refractivity contribution in [2.45, 2.75) is 6.54 Å². The first-order chi connectivity index (χ1) is 7.25. The van der Waals surface area contributed by atoms with Gasteiger partial charge in [-0.15, -0.1) is 0 Å². The minimum absolute atomic E-state index is 0.0277. The van der Waals surface area contributed by atoms with Gasteiger partial charge in [-0.25, -0.2) is 24.4 Å². The summed E-state index contributed by atoms with van der Waals surface area (Å²) in [6.45, 7) is 0.307. The minimum atomic E-state index is -1.07. The number of carboxylic acids is 1. The van der Waals surface area contributed by atoms with Crippen molar-refractivity contribution in [1.82, 2.24) is 24.7 Å². The first-order valence-electron chi connectivity index (χ1n) is 4.13. The van der Waals surface area contributed by atoms with Crippen LogP contribution in [0.25, 0.3) is 0 Å². The molecule has 0 atom stereocenters. The summed E-state index contributed by atoms with van der Waals surface area (Å²) < 4.78 is 1.51. The van der Waals surface area contributed by atoms with Crippen molar-refractivity contribution in [1.29, 1.82) is 0 Å². The molecule has 0 aliphatic heterocycles. The van der Waals surface area contributed by atoms with Gasteiger partial charge in [-0.2, -0.15) is 5.10 Å². The second kappa shape index (κ2) is 3.82. The maximum absolute atomic E-state index is 10.6. The van der Waals surface area contributed by atoms with Crippen LogP contribution in [-0.2, 0) is 6.54 Å². The van der Waals surface area contributed by atoms with Crippen molar-refractivity contribution in [3.8, 4) is 0 Å². The van der Waals surface area contributed by atoms with Gasteiger partial charge in [0.15, 0.2) is 11.5 Å². The first-order valence-corrected chi connectivity index (χ1v) is 4.13. The molecule has 15 heavy (non-hydrogen) atoms. The van der Waals surface area contributed by atoms with Crippen molar-refractivity contribution in [2.75, 3.05) is 0 Å². The van der Waals surface area contributed by atoms with Gasteiger partial charge < -0.3 is 5.11 Å². The van der Waals surface area contributed by atoms with E-state index in [1.807, 2.05) is 0 Å². The van der Waals surface area contributed by atoms with Crippen LogP contribution >= 0.6 is 0 Å². The van der Waals surface area contributed by atoms with Gasteiger partial charge >= 0.3 is 5.97 Å². The lowest BCUT2D eigenvalue weighted by Crippen LogP contribution is -2.08. The van der Waals surface area contributed by atoms with Gasteiger partial charge in [0.05, 0.1) is 0 Å². The molecule has 0 aromatic carbocycles. The average Bonchev–Trinajstić information content (AvgIpc) is 2.71.